The summed E-state index contributed by atoms with van der Waals surface area (Å²) >= 11 is 0. The second-order valence-corrected chi connectivity index (χ2v) is 6.84. The quantitative estimate of drug-likeness (QED) is 0.368. The largest absolute Gasteiger partial charge is 0.487 e. The summed E-state index contributed by atoms with van der Waals surface area (Å²) in [5.41, 5.74) is 3.83. The van der Waals surface area contributed by atoms with Gasteiger partial charge in [-0.05, 0) is 41.1 Å². The monoisotopic (exact) mass is 406 g/mol. The Morgan fingerprint density at radius 1 is 1.20 bits per heavy atom. The zero-order chi connectivity index (χ0) is 21.1. The van der Waals surface area contributed by atoms with Crippen molar-refractivity contribution in [3.05, 3.63) is 69.6 Å². The van der Waals surface area contributed by atoms with Crippen LogP contribution in [0.2, 0.25) is 0 Å². The highest BCUT2D eigenvalue weighted by Crippen LogP contribution is 2.25. The number of tetrazole rings is 1. The summed E-state index contributed by atoms with van der Waals surface area (Å²) in [7, 11) is 1.56. The SMILES string of the molecule is CCC(=NN=C1COc2ccccc21)OCc1c(C)cccc1-n1nnn(C)c1=O. The van der Waals surface area contributed by atoms with Gasteiger partial charge in [-0.3, -0.25) is 0 Å². The molecule has 1 aliphatic heterocycles. The van der Waals surface area contributed by atoms with Crippen LogP contribution in [0, 0.1) is 6.92 Å². The first-order valence-corrected chi connectivity index (χ1v) is 9.64. The number of aromatic nitrogens is 4. The maximum absolute atomic E-state index is 12.3. The highest BCUT2D eigenvalue weighted by atomic mass is 16.5. The molecule has 0 bridgehead atoms. The molecule has 30 heavy (non-hydrogen) atoms. The Labute approximate surface area is 173 Å². The van der Waals surface area contributed by atoms with Gasteiger partial charge in [0, 0.05) is 24.6 Å². The maximum Gasteiger partial charge on any atom is 0.368 e. The van der Waals surface area contributed by atoms with E-state index in [0.717, 1.165) is 28.2 Å². The average Bonchev–Trinajstić information content (AvgIpc) is 3.32. The van der Waals surface area contributed by atoms with Crippen molar-refractivity contribution in [2.24, 2.45) is 17.3 Å². The van der Waals surface area contributed by atoms with Crippen molar-refractivity contribution in [2.75, 3.05) is 6.61 Å². The van der Waals surface area contributed by atoms with Gasteiger partial charge in [-0.1, -0.05) is 31.2 Å². The van der Waals surface area contributed by atoms with Gasteiger partial charge < -0.3 is 9.47 Å². The number of para-hydroxylation sites is 1. The Morgan fingerprint density at radius 2 is 2.03 bits per heavy atom. The fourth-order valence-electron chi connectivity index (χ4n) is 3.15. The minimum Gasteiger partial charge on any atom is -0.487 e. The molecule has 1 aliphatic rings. The lowest BCUT2D eigenvalue weighted by Crippen LogP contribution is -2.23. The van der Waals surface area contributed by atoms with Gasteiger partial charge in [-0.2, -0.15) is 9.36 Å². The Kier molecular flexibility index (Phi) is 5.42. The number of hydrogen-bond donors (Lipinski definition) is 0. The van der Waals surface area contributed by atoms with Gasteiger partial charge in [0.25, 0.3) is 0 Å². The molecule has 4 rings (SSSR count). The second kappa shape index (κ2) is 8.32. The first kappa shape index (κ1) is 19.6. The fraction of sp³-hybridized carbons (Fsp3) is 0.286. The van der Waals surface area contributed by atoms with Crippen LogP contribution in [-0.2, 0) is 18.4 Å². The van der Waals surface area contributed by atoms with E-state index in [-0.39, 0.29) is 12.3 Å². The minimum absolute atomic E-state index is 0.232. The highest BCUT2D eigenvalue weighted by molar-refractivity contribution is 6.06. The third kappa shape index (κ3) is 3.73. The van der Waals surface area contributed by atoms with Gasteiger partial charge in [0.2, 0.25) is 5.90 Å². The van der Waals surface area contributed by atoms with Crippen LogP contribution in [0.25, 0.3) is 5.69 Å². The third-order valence-corrected chi connectivity index (χ3v) is 4.87. The second-order valence-electron chi connectivity index (χ2n) is 6.84. The van der Waals surface area contributed by atoms with Crippen molar-refractivity contribution in [3.8, 4) is 11.4 Å². The molecule has 2 heterocycles. The third-order valence-electron chi connectivity index (χ3n) is 4.87. The molecule has 0 unspecified atom stereocenters. The molecule has 0 spiro atoms. The summed E-state index contributed by atoms with van der Waals surface area (Å²) in [5.74, 6) is 1.30. The molecule has 0 atom stereocenters. The minimum atomic E-state index is -0.322. The highest BCUT2D eigenvalue weighted by Gasteiger charge is 2.18. The van der Waals surface area contributed by atoms with E-state index >= 15 is 0 Å². The number of fused-ring (bicyclic) bond motifs is 1. The molecular formula is C21H22N6O3. The molecule has 2 aromatic carbocycles. The molecule has 0 amide bonds. The first-order chi connectivity index (χ1) is 14.6. The summed E-state index contributed by atoms with van der Waals surface area (Å²) in [6.07, 6.45) is 0.575. The van der Waals surface area contributed by atoms with Crippen LogP contribution in [0.3, 0.4) is 0 Å². The molecule has 0 fully saturated rings. The maximum atomic E-state index is 12.3. The van der Waals surface area contributed by atoms with Crippen LogP contribution >= 0.6 is 0 Å². The van der Waals surface area contributed by atoms with Crippen molar-refractivity contribution in [2.45, 2.75) is 26.9 Å². The van der Waals surface area contributed by atoms with Crippen molar-refractivity contribution in [3.63, 3.8) is 0 Å². The summed E-state index contributed by atoms with van der Waals surface area (Å²) < 4.78 is 14.0. The van der Waals surface area contributed by atoms with E-state index in [1.54, 1.807) is 7.05 Å². The van der Waals surface area contributed by atoms with Crippen molar-refractivity contribution < 1.29 is 9.47 Å². The number of benzene rings is 2. The molecule has 9 heteroatoms. The van der Waals surface area contributed by atoms with E-state index in [1.165, 1.54) is 9.36 Å². The molecule has 1 aromatic heterocycles. The first-order valence-electron chi connectivity index (χ1n) is 9.64. The van der Waals surface area contributed by atoms with Gasteiger partial charge in [0.15, 0.2) is 0 Å². The number of hydrogen-bond acceptors (Lipinski definition) is 7. The van der Waals surface area contributed by atoms with Crippen molar-refractivity contribution >= 4 is 11.6 Å². The lowest BCUT2D eigenvalue weighted by molar-refractivity contribution is 0.282. The van der Waals surface area contributed by atoms with Crippen LogP contribution in [-0.4, -0.2) is 38.0 Å². The van der Waals surface area contributed by atoms with Crippen LogP contribution < -0.4 is 10.4 Å². The summed E-state index contributed by atoms with van der Waals surface area (Å²) in [6.45, 7) is 4.52. The molecule has 154 valence electrons. The Hall–Kier alpha value is -3.75. The number of ether oxygens (including phenoxy) is 2. The summed E-state index contributed by atoms with van der Waals surface area (Å²) in [6, 6.07) is 13.4. The standard InChI is InChI=1S/C21H22N6O3/c1-4-20(23-22-17-13-29-19-11-6-5-9-15(17)19)30-12-16-14(2)8-7-10-18(16)27-21(28)26(3)24-25-27/h5-11H,4,12-13H2,1-3H3. The van der Waals surface area contributed by atoms with E-state index in [2.05, 4.69) is 20.6 Å². The van der Waals surface area contributed by atoms with Crippen LogP contribution in [0.1, 0.15) is 30.0 Å². The summed E-state index contributed by atoms with van der Waals surface area (Å²) in [5, 5.41) is 16.4. The molecule has 9 nitrogen and oxygen atoms in total. The molecule has 3 aromatic rings. The molecule has 0 aliphatic carbocycles. The van der Waals surface area contributed by atoms with E-state index in [1.807, 2.05) is 56.3 Å². The fourth-order valence-corrected chi connectivity index (χ4v) is 3.15. The predicted molar refractivity (Wildman–Crippen MR) is 112 cm³/mol. The van der Waals surface area contributed by atoms with Crippen LogP contribution in [0.4, 0.5) is 0 Å². The molecular weight excluding hydrogens is 384 g/mol. The van der Waals surface area contributed by atoms with E-state index in [4.69, 9.17) is 9.47 Å². The Balaban J connectivity index is 1.57. The molecule has 0 N–H and O–H groups in total. The summed E-state index contributed by atoms with van der Waals surface area (Å²) in [4.78, 5) is 12.3. The smallest absolute Gasteiger partial charge is 0.368 e. The van der Waals surface area contributed by atoms with Gasteiger partial charge >= 0.3 is 5.69 Å². The van der Waals surface area contributed by atoms with E-state index in [0.29, 0.717) is 24.6 Å². The van der Waals surface area contributed by atoms with Gasteiger partial charge in [0.1, 0.15) is 24.7 Å². The van der Waals surface area contributed by atoms with Crippen molar-refractivity contribution in [1.29, 1.82) is 0 Å². The lowest BCUT2D eigenvalue weighted by Gasteiger charge is -2.13. The molecule has 0 saturated heterocycles. The topological polar surface area (TPSA) is 95.9 Å². The number of rotatable bonds is 5. The zero-order valence-electron chi connectivity index (χ0n) is 17.1. The normalized spacial score (nSPS) is 14.6. The number of nitrogens with zero attached hydrogens (tertiary/aromatic N) is 6. The molecule has 0 radical (unpaired) electrons. The van der Waals surface area contributed by atoms with Crippen LogP contribution in [0.5, 0.6) is 5.75 Å². The molecule has 0 saturated carbocycles. The van der Waals surface area contributed by atoms with E-state index in [9.17, 15) is 4.79 Å². The average molecular weight is 406 g/mol. The zero-order valence-corrected chi connectivity index (χ0v) is 17.1. The van der Waals surface area contributed by atoms with Gasteiger partial charge in [0.05, 0.1) is 5.69 Å². The predicted octanol–water partition coefficient (Wildman–Crippen LogP) is 2.40. The van der Waals surface area contributed by atoms with Gasteiger partial charge in [-0.25, -0.2) is 4.79 Å². The van der Waals surface area contributed by atoms with E-state index < -0.39 is 0 Å². The lowest BCUT2D eigenvalue weighted by atomic mass is 10.1. The van der Waals surface area contributed by atoms with Gasteiger partial charge in [-0.15, -0.1) is 10.2 Å². The Morgan fingerprint density at radius 3 is 2.80 bits per heavy atom. The van der Waals surface area contributed by atoms with Crippen LogP contribution in [0.15, 0.2) is 57.5 Å². The van der Waals surface area contributed by atoms with Crippen molar-refractivity contribution in [1.82, 2.24) is 19.8 Å². The Bertz CT molecular complexity index is 1190. The number of aryl methyl sites for hydroxylation is 2.